The molecule has 0 saturated carbocycles. The van der Waals surface area contributed by atoms with Crippen LogP contribution in [0.2, 0.25) is 0 Å². The van der Waals surface area contributed by atoms with Crippen molar-refractivity contribution in [2.45, 2.75) is 38.6 Å². The number of amides is 1. The molecular formula is C24H27F3N6O2. The van der Waals surface area contributed by atoms with Crippen molar-refractivity contribution in [2.75, 3.05) is 19.6 Å². The highest BCUT2D eigenvalue weighted by Crippen LogP contribution is 2.32. The monoisotopic (exact) mass is 488 g/mol. The third-order valence-electron chi connectivity index (χ3n) is 5.43. The van der Waals surface area contributed by atoms with Crippen LogP contribution in [0.3, 0.4) is 0 Å². The van der Waals surface area contributed by atoms with E-state index in [-0.39, 0.29) is 0 Å². The van der Waals surface area contributed by atoms with Crippen molar-refractivity contribution in [3.05, 3.63) is 54.0 Å². The highest BCUT2D eigenvalue weighted by atomic mass is 19.4. The van der Waals surface area contributed by atoms with Gasteiger partial charge in [0.2, 0.25) is 0 Å². The van der Waals surface area contributed by atoms with Gasteiger partial charge < -0.3 is 10.1 Å². The molecule has 1 amide bonds. The summed E-state index contributed by atoms with van der Waals surface area (Å²) in [6.45, 7) is 6.86. The van der Waals surface area contributed by atoms with E-state index >= 15 is 0 Å². The lowest BCUT2D eigenvalue weighted by Crippen LogP contribution is -2.50. The number of piperazine rings is 1. The lowest BCUT2D eigenvalue weighted by atomic mass is 10.0. The smallest absolute Gasteiger partial charge is 0.416 e. The van der Waals surface area contributed by atoms with Gasteiger partial charge in [0.25, 0.3) is 0 Å². The van der Waals surface area contributed by atoms with Gasteiger partial charge in [-0.05, 0) is 39.0 Å². The highest BCUT2D eigenvalue weighted by Gasteiger charge is 2.33. The minimum Gasteiger partial charge on any atom is -0.444 e. The van der Waals surface area contributed by atoms with Gasteiger partial charge >= 0.3 is 12.3 Å². The van der Waals surface area contributed by atoms with Crippen LogP contribution >= 0.6 is 0 Å². The Morgan fingerprint density at radius 2 is 1.83 bits per heavy atom. The zero-order valence-corrected chi connectivity index (χ0v) is 19.9. The van der Waals surface area contributed by atoms with Gasteiger partial charge in [0.15, 0.2) is 5.82 Å². The summed E-state index contributed by atoms with van der Waals surface area (Å²) >= 11 is 0. The molecule has 3 heterocycles. The molecule has 0 aliphatic carbocycles. The first-order valence-corrected chi connectivity index (χ1v) is 11.2. The molecule has 35 heavy (non-hydrogen) atoms. The number of carbonyl (C=O) groups is 1. The number of halogens is 3. The van der Waals surface area contributed by atoms with Crippen LogP contribution in [0, 0.1) is 0 Å². The van der Waals surface area contributed by atoms with E-state index < -0.39 is 29.5 Å². The van der Waals surface area contributed by atoms with Crippen LogP contribution in [0.5, 0.6) is 0 Å². The second-order valence-corrected chi connectivity index (χ2v) is 9.37. The van der Waals surface area contributed by atoms with E-state index in [9.17, 15) is 18.0 Å². The van der Waals surface area contributed by atoms with Gasteiger partial charge in [-0.1, -0.05) is 12.1 Å². The van der Waals surface area contributed by atoms with Crippen LogP contribution in [-0.4, -0.2) is 56.0 Å². The fraction of sp³-hybridized carbons (Fsp3) is 0.417. The van der Waals surface area contributed by atoms with Crippen LogP contribution in [0.4, 0.5) is 18.0 Å². The first kappa shape index (κ1) is 24.6. The van der Waals surface area contributed by atoms with Crippen molar-refractivity contribution >= 4 is 6.09 Å². The minimum atomic E-state index is -4.43. The summed E-state index contributed by atoms with van der Waals surface area (Å²) in [7, 11) is 1.76. The molecule has 0 spiro atoms. The predicted molar refractivity (Wildman–Crippen MR) is 123 cm³/mol. The molecule has 1 atom stereocenters. The number of nitrogens with one attached hydrogen (secondary N) is 1. The summed E-state index contributed by atoms with van der Waals surface area (Å²) in [4.78, 5) is 23.9. The van der Waals surface area contributed by atoms with Crippen molar-refractivity contribution in [1.29, 1.82) is 0 Å². The zero-order valence-electron chi connectivity index (χ0n) is 19.9. The normalized spacial score (nSPS) is 16.9. The Kier molecular flexibility index (Phi) is 6.54. The zero-order chi connectivity index (χ0) is 25.4. The summed E-state index contributed by atoms with van der Waals surface area (Å²) in [5.74, 6) is 0.361. The molecule has 11 heteroatoms. The molecule has 8 nitrogen and oxygen atoms in total. The van der Waals surface area contributed by atoms with E-state index in [1.54, 1.807) is 55.9 Å². The molecule has 186 valence electrons. The molecule has 1 aliphatic rings. The average Bonchev–Trinajstić information content (AvgIpc) is 3.23. The minimum absolute atomic E-state index is 0.361. The van der Waals surface area contributed by atoms with Crippen LogP contribution in [-0.2, 0) is 18.0 Å². The molecule has 1 fully saturated rings. The van der Waals surface area contributed by atoms with Crippen LogP contribution in [0.25, 0.3) is 22.6 Å². The average molecular weight is 489 g/mol. The highest BCUT2D eigenvalue weighted by molar-refractivity contribution is 5.70. The van der Waals surface area contributed by atoms with Gasteiger partial charge in [-0.15, -0.1) is 0 Å². The Hall–Kier alpha value is -3.47. The Balaban J connectivity index is 1.78. The number of rotatable bonds is 3. The molecule has 1 aromatic carbocycles. The quantitative estimate of drug-likeness (QED) is 0.587. The first-order valence-electron chi connectivity index (χ1n) is 11.2. The van der Waals surface area contributed by atoms with Gasteiger partial charge in [0.05, 0.1) is 34.8 Å². The van der Waals surface area contributed by atoms with Crippen LogP contribution < -0.4 is 5.32 Å². The number of hydrogen-bond acceptors (Lipinski definition) is 6. The molecule has 1 saturated heterocycles. The molecule has 3 aromatic rings. The van der Waals surface area contributed by atoms with Gasteiger partial charge in [0, 0.05) is 38.4 Å². The molecule has 4 rings (SSSR count). The number of ether oxygens (including phenoxy) is 1. The second-order valence-electron chi connectivity index (χ2n) is 9.37. The van der Waals surface area contributed by atoms with E-state index in [0.29, 0.717) is 48.0 Å². The van der Waals surface area contributed by atoms with E-state index in [1.165, 1.54) is 12.1 Å². The molecule has 1 unspecified atom stereocenters. The van der Waals surface area contributed by atoms with Gasteiger partial charge in [-0.3, -0.25) is 9.58 Å². The third-order valence-corrected chi connectivity index (χ3v) is 5.43. The number of alkyl halides is 3. The Morgan fingerprint density at radius 3 is 2.43 bits per heavy atom. The van der Waals surface area contributed by atoms with Crippen molar-refractivity contribution < 1.29 is 22.7 Å². The lowest BCUT2D eigenvalue weighted by molar-refractivity contribution is -0.137. The van der Waals surface area contributed by atoms with Crippen LogP contribution in [0.1, 0.15) is 38.1 Å². The number of nitrogens with zero attached hydrogens (tertiary/aromatic N) is 5. The van der Waals surface area contributed by atoms with Crippen molar-refractivity contribution in [3.8, 4) is 22.6 Å². The summed E-state index contributed by atoms with van der Waals surface area (Å²) in [6.07, 6.45) is -1.53. The number of benzene rings is 1. The lowest BCUT2D eigenvalue weighted by Gasteiger charge is -2.37. The molecule has 2 aromatic heterocycles. The Labute approximate surface area is 201 Å². The van der Waals surface area contributed by atoms with Crippen molar-refractivity contribution in [1.82, 2.24) is 30.0 Å². The SMILES string of the molecule is Cn1cc(-c2nc(-c3ccc(C(F)(F)F)cc3)cc(C3CNCCN3C(=O)OC(C)(C)C)n2)cn1. The topological polar surface area (TPSA) is 85.2 Å². The molecule has 1 N–H and O–H groups in total. The van der Waals surface area contributed by atoms with E-state index in [0.717, 1.165) is 12.1 Å². The van der Waals surface area contributed by atoms with Gasteiger partial charge in [0.1, 0.15) is 5.60 Å². The van der Waals surface area contributed by atoms with E-state index in [4.69, 9.17) is 9.72 Å². The molecule has 0 radical (unpaired) electrons. The number of hydrogen-bond donors (Lipinski definition) is 1. The van der Waals surface area contributed by atoms with E-state index in [2.05, 4.69) is 15.4 Å². The van der Waals surface area contributed by atoms with E-state index in [1.807, 2.05) is 0 Å². The maximum Gasteiger partial charge on any atom is 0.416 e. The van der Waals surface area contributed by atoms with Crippen LogP contribution in [0.15, 0.2) is 42.7 Å². The Bertz CT molecular complexity index is 1200. The Morgan fingerprint density at radius 1 is 1.11 bits per heavy atom. The maximum atomic E-state index is 13.1. The predicted octanol–water partition coefficient (Wildman–Crippen LogP) is 4.44. The molecular weight excluding hydrogens is 461 g/mol. The fourth-order valence-corrected chi connectivity index (χ4v) is 3.79. The second kappa shape index (κ2) is 9.29. The number of aryl methyl sites for hydroxylation is 1. The molecule has 1 aliphatic heterocycles. The summed E-state index contributed by atoms with van der Waals surface area (Å²) in [6, 6.07) is 6.06. The fourth-order valence-electron chi connectivity index (χ4n) is 3.79. The number of aromatic nitrogens is 4. The van der Waals surface area contributed by atoms with Crippen molar-refractivity contribution in [3.63, 3.8) is 0 Å². The van der Waals surface area contributed by atoms with Gasteiger partial charge in [-0.2, -0.15) is 18.3 Å². The van der Waals surface area contributed by atoms with Gasteiger partial charge in [-0.25, -0.2) is 14.8 Å². The summed E-state index contributed by atoms with van der Waals surface area (Å²) in [5.41, 5.74) is 0.735. The standard InChI is InChI=1S/C24H27F3N6O2/c1-23(2,3)35-22(34)33-10-9-28-13-20(33)19-11-18(15-5-7-17(8-6-15)24(25,26)27)30-21(31-19)16-12-29-32(4)14-16/h5-8,11-12,14,20,28H,9-10,13H2,1-4H3. The maximum absolute atomic E-state index is 13.1. The van der Waals surface area contributed by atoms with Crippen molar-refractivity contribution in [2.24, 2.45) is 7.05 Å². The summed E-state index contributed by atoms with van der Waals surface area (Å²) < 4.78 is 46.4. The number of carbonyl (C=O) groups excluding carboxylic acids is 1. The largest absolute Gasteiger partial charge is 0.444 e. The first-order chi connectivity index (χ1) is 16.4. The third kappa shape index (κ3) is 5.79. The summed E-state index contributed by atoms with van der Waals surface area (Å²) in [5, 5.41) is 7.45. The molecule has 0 bridgehead atoms.